The third-order valence-corrected chi connectivity index (χ3v) is 3.91. The Labute approximate surface area is 98.8 Å². The Morgan fingerprint density at radius 2 is 2.29 bits per heavy atom. The number of carbonyl (C=O) groups excluding carboxylic acids is 1. The molecule has 2 aliphatic rings. The highest BCUT2D eigenvalue weighted by Gasteiger charge is 2.84. The number of carbonyl (C=O) groups is 1. The van der Waals surface area contributed by atoms with E-state index in [0.717, 1.165) is 6.42 Å². The van der Waals surface area contributed by atoms with E-state index < -0.39 is 5.41 Å². The van der Waals surface area contributed by atoms with E-state index in [1.165, 1.54) is 18.2 Å². The van der Waals surface area contributed by atoms with Crippen LogP contribution in [0.4, 0.5) is 0 Å². The van der Waals surface area contributed by atoms with Crippen LogP contribution in [0.15, 0.2) is 18.2 Å². The average molecular weight is 234 g/mol. The summed E-state index contributed by atoms with van der Waals surface area (Å²) in [4.78, 5) is 11.8. The summed E-state index contributed by atoms with van der Waals surface area (Å²) in [5.74, 6) is 0.396. The monoisotopic (exact) mass is 234 g/mol. The molecule has 2 saturated carbocycles. The van der Waals surface area contributed by atoms with Crippen LogP contribution in [-0.2, 0) is 9.53 Å². The minimum absolute atomic E-state index is 0.0219. The molecule has 2 N–H and O–H groups in total. The van der Waals surface area contributed by atoms with E-state index in [2.05, 4.69) is 0 Å². The van der Waals surface area contributed by atoms with Crippen molar-refractivity contribution < 1.29 is 19.7 Å². The Morgan fingerprint density at radius 3 is 2.94 bits per heavy atom. The Kier molecular flexibility index (Phi) is 1.94. The smallest absolute Gasteiger partial charge is 0.313 e. The van der Waals surface area contributed by atoms with Crippen molar-refractivity contribution >= 4 is 5.97 Å². The van der Waals surface area contributed by atoms with E-state index in [1.807, 2.05) is 0 Å². The summed E-state index contributed by atoms with van der Waals surface area (Å²) in [6, 6.07) is 4.43. The van der Waals surface area contributed by atoms with Gasteiger partial charge in [0.1, 0.15) is 11.5 Å². The van der Waals surface area contributed by atoms with Gasteiger partial charge >= 0.3 is 5.97 Å². The van der Waals surface area contributed by atoms with Gasteiger partial charge in [0.15, 0.2) is 0 Å². The van der Waals surface area contributed by atoms with Crippen LogP contribution < -0.4 is 0 Å². The molecule has 1 aromatic rings. The Bertz CT molecular complexity index is 496. The molecule has 3 unspecified atom stereocenters. The molecule has 0 saturated heterocycles. The average Bonchev–Trinajstić information content (AvgIpc) is 3.12. The quantitative estimate of drug-likeness (QED) is 0.617. The summed E-state index contributed by atoms with van der Waals surface area (Å²) in [5.41, 5.74) is 0.260. The van der Waals surface area contributed by atoms with Gasteiger partial charge in [0.05, 0.1) is 12.0 Å². The maximum absolute atomic E-state index is 11.8. The second-order valence-electron chi connectivity index (χ2n) is 4.79. The normalized spacial score (nSPS) is 32.8. The van der Waals surface area contributed by atoms with Gasteiger partial charge in [-0.3, -0.25) is 4.79 Å². The first-order chi connectivity index (χ1) is 8.11. The zero-order chi connectivity index (χ0) is 12.2. The zero-order valence-electron chi connectivity index (χ0n) is 9.51. The SMILES string of the molecule is CCOC(=O)C12CC1C2c1cc(O)ccc1O. The van der Waals surface area contributed by atoms with Crippen molar-refractivity contribution in [1.82, 2.24) is 0 Å². The number of benzene rings is 1. The van der Waals surface area contributed by atoms with Crippen LogP contribution in [0.1, 0.15) is 24.8 Å². The van der Waals surface area contributed by atoms with Gasteiger partial charge in [-0.1, -0.05) is 0 Å². The standard InChI is InChI=1S/C13H14O4/c1-2-17-12(16)13-6-9(13)11(13)8-5-7(14)3-4-10(8)15/h3-5,9,11,14-15H,2,6H2,1H3. The van der Waals surface area contributed by atoms with Crippen molar-refractivity contribution in [1.29, 1.82) is 0 Å². The predicted octanol–water partition coefficient (Wildman–Crippen LogP) is 1.76. The molecule has 4 nitrogen and oxygen atoms in total. The van der Waals surface area contributed by atoms with Gasteiger partial charge in [0.25, 0.3) is 0 Å². The van der Waals surface area contributed by atoms with Crippen LogP contribution in [0, 0.1) is 11.3 Å². The van der Waals surface area contributed by atoms with Gasteiger partial charge in [0.2, 0.25) is 0 Å². The van der Waals surface area contributed by atoms with E-state index in [4.69, 9.17) is 4.74 Å². The Hall–Kier alpha value is -1.71. The van der Waals surface area contributed by atoms with Crippen molar-refractivity contribution in [2.75, 3.05) is 6.61 Å². The molecule has 0 radical (unpaired) electrons. The fourth-order valence-electron chi connectivity index (χ4n) is 2.82. The first-order valence-electron chi connectivity index (χ1n) is 5.80. The van der Waals surface area contributed by atoms with Crippen LogP contribution in [0.5, 0.6) is 11.5 Å². The van der Waals surface area contributed by atoms with E-state index >= 15 is 0 Å². The lowest BCUT2D eigenvalue weighted by molar-refractivity contribution is -0.147. The van der Waals surface area contributed by atoms with Crippen molar-refractivity contribution in [3.63, 3.8) is 0 Å². The molecule has 2 aliphatic carbocycles. The number of phenols is 2. The molecular formula is C13H14O4. The number of esters is 1. The molecule has 3 atom stereocenters. The van der Waals surface area contributed by atoms with Crippen molar-refractivity contribution in [2.24, 2.45) is 11.3 Å². The fourth-order valence-corrected chi connectivity index (χ4v) is 2.82. The lowest BCUT2D eigenvalue weighted by Gasteiger charge is -2.12. The molecule has 0 bridgehead atoms. The van der Waals surface area contributed by atoms with Crippen LogP contribution in [-0.4, -0.2) is 22.8 Å². The lowest BCUT2D eigenvalue weighted by atomic mass is 9.96. The summed E-state index contributed by atoms with van der Waals surface area (Å²) >= 11 is 0. The number of aromatic hydroxyl groups is 2. The van der Waals surface area contributed by atoms with Crippen molar-refractivity contribution in [3.8, 4) is 11.5 Å². The molecular weight excluding hydrogens is 220 g/mol. The second kappa shape index (κ2) is 3.15. The van der Waals surface area contributed by atoms with E-state index in [0.29, 0.717) is 12.2 Å². The van der Waals surface area contributed by atoms with E-state index in [9.17, 15) is 15.0 Å². The van der Waals surface area contributed by atoms with Gasteiger partial charge in [-0.05, 0) is 37.5 Å². The van der Waals surface area contributed by atoms with Gasteiger partial charge < -0.3 is 14.9 Å². The summed E-state index contributed by atoms with van der Waals surface area (Å²) in [7, 11) is 0. The third kappa shape index (κ3) is 1.27. The van der Waals surface area contributed by atoms with Crippen LogP contribution >= 0.6 is 0 Å². The van der Waals surface area contributed by atoms with Gasteiger partial charge in [-0.2, -0.15) is 0 Å². The molecule has 17 heavy (non-hydrogen) atoms. The van der Waals surface area contributed by atoms with Gasteiger partial charge in [-0.15, -0.1) is 0 Å². The molecule has 0 amide bonds. The highest BCUT2D eigenvalue weighted by Crippen LogP contribution is 2.85. The summed E-state index contributed by atoms with van der Waals surface area (Å²) < 4.78 is 5.05. The second-order valence-corrected chi connectivity index (χ2v) is 4.79. The number of phenolic OH excluding ortho intramolecular Hbond substituents is 2. The minimum atomic E-state index is -0.402. The number of ether oxygens (including phenoxy) is 1. The molecule has 4 heteroatoms. The first-order valence-corrected chi connectivity index (χ1v) is 5.80. The van der Waals surface area contributed by atoms with E-state index in [1.54, 1.807) is 6.92 Å². The molecule has 0 heterocycles. The summed E-state index contributed by atoms with van der Waals surface area (Å²) in [5, 5.41) is 19.2. The molecule has 0 aromatic heterocycles. The molecule has 3 rings (SSSR count). The highest BCUT2D eigenvalue weighted by molar-refractivity contribution is 5.89. The van der Waals surface area contributed by atoms with Crippen LogP contribution in [0.25, 0.3) is 0 Å². The first kappa shape index (κ1) is 10.4. The molecule has 2 fully saturated rings. The number of hydrogen-bond donors (Lipinski definition) is 2. The summed E-state index contributed by atoms with van der Waals surface area (Å²) in [6.45, 7) is 2.17. The molecule has 90 valence electrons. The lowest BCUT2D eigenvalue weighted by Crippen LogP contribution is -2.15. The number of fused-ring (bicyclic) bond motifs is 1. The summed E-state index contributed by atoms with van der Waals surface area (Å²) in [6.07, 6.45) is 0.839. The molecule has 0 aliphatic heterocycles. The Balaban J connectivity index is 1.85. The molecule has 1 aromatic carbocycles. The van der Waals surface area contributed by atoms with Gasteiger partial charge in [0, 0.05) is 11.5 Å². The topological polar surface area (TPSA) is 66.8 Å². The predicted molar refractivity (Wildman–Crippen MR) is 59.7 cm³/mol. The fraction of sp³-hybridized carbons (Fsp3) is 0.462. The number of hydrogen-bond acceptors (Lipinski definition) is 4. The van der Waals surface area contributed by atoms with Crippen LogP contribution in [0.3, 0.4) is 0 Å². The maximum Gasteiger partial charge on any atom is 0.313 e. The Morgan fingerprint density at radius 1 is 1.53 bits per heavy atom. The highest BCUT2D eigenvalue weighted by atomic mass is 16.5. The van der Waals surface area contributed by atoms with Gasteiger partial charge in [-0.25, -0.2) is 0 Å². The molecule has 0 spiro atoms. The largest absolute Gasteiger partial charge is 0.508 e. The number of rotatable bonds is 3. The van der Waals surface area contributed by atoms with Crippen molar-refractivity contribution in [3.05, 3.63) is 23.8 Å². The maximum atomic E-state index is 11.8. The zero-order valence-corrected chi connectivity index (χ0v) is 9.51. The van der Waals surface area contributed by atoms with Crippen molar-refractivity contribution in [2.45, 2.75) is 19.3 Å². The van der Waals surface area contributed by atoms with E-state index in [-0.39, 0.29) is 29.3 Å². The van der Waals surface area contributed by atoms with Crippen LogP contribution in [0.2, 0.25) is 0 Å². The minimum Gasteiger partial charge on any atom is -0.508 e. The third-order valence-electron chi connectivity index (χ3n) is 3.91.